The van der Waals surface area contributed by atoms with Gasteiger partial charge in [-0.15, -0.1) is 11.8 Å². The van der Waals surface area contributed by atoms with Gasteiger partial charge >= 0.3 is 0 Å². The topological polar surface area (TPSA) is 17.1 Å². The van der Waals surface area contributed by atoms with Crippen molar-refractivity contribution >= 4 is 17.5 Å². The van der Waals surface area contributed by atoms with Crippen molar-refractivity contribution in [1.82, 2.24) is 0 Å². The van der Waals surface area contributed by atoms with Gasteiger partial charge < -0.3 is 0 Å². The molecular formula is C13H14OS. The third kappa shape index (κ3) is 1.21. The van der Waals surface area contributed by atoms with E-state index in [4.69, 9.17) is 0 Å². The molecule has 3 rings (SSSR count). The van der Waals surface area contributed by atoms with Gasteiger partial charge in [-0.05, 0) is 24.5 Å². The summed E-state index contributed by atoms with van der Waals surface area (Å²) in [6.45, 7) is 2.26. The first kappa shape index (κ1) is 9.46. The first-order valence-corrected chi connectivity index (χ1v) is 6.39. The van der Waals surface area contributed by atoms with Gasteiger partial charge in [0.25, 0.3) is 0 Å². The van der Waals surface area contributed by atoms with Gasteiger partial charge in [0, 0.05) is 16.7 Å². The molecule has 0 spiro atoms. The van der Waals surface area contributed by atoms with Crippen LogP contribution in [0.5, 0.6) is 0 Å². The highest BCUT2D eigenvalue weighted by Gasteiger charge is 2.48. The van der Waals surface area contributed by atoms with E-state index in [0.29, 0.717) is 5.78 Å². The molecule has 1 fully saturated rings. The number of rotatable bonds is 0. The average Bonchev–Trinajstić information content (AvgIpc) is 2.54. The number of fused-ring (bicyclic) bond motifs is 3. The summed E-state index contributed by atoms with van der Waals surface area (Å²) in [4.78, 5) is 13.2. The Labute approximate surface area is 94.3 Å². The van der Waals surface area contributed by atoms with Crippen LogP contribution in [0.3, 0.4) is 0 Å². The first-order chi connectivity index (χ1) is 7.22. The summed E-state index contributed by atoms with van der Waals surface area (Å²) in [6.07, 6.45) is 3.00. The fraction of sp³-hybridized carbons (Fsp3) is 0.462. The van der Waals surface area contributed by atoms with E-state index in [2.05, 4.69) is 31.2 Å². The Morgan fingerprint density at radius 1 is 1.40 bits per heavy atom. The molecular weight excluding hydrogens is 204 g/mol. The molecule has 1 saturated carbocycles. The predicted octanol–water partition coefficient (Wildman–Crippen LogP) is 3.17. The Balaban J connectivity index is 2.14. The van der Waals surface area contributed by atoms with Crippen LogP contribution in [0.4, 0.5) is 0 Å². The largest absolute Gasteiger partial charge is 0.298 e. The van der Waals surface area contributed by atoms with Crippen molar-refractivity contribution < 1.29 is 4.79 Å². The van der Waals surface area contributed by atoms with Crippen molar-refractivity contribution in [2.75, 3.05) is 0 Å². The first-order valence-electron chi connectivity index (χ1n) is 5.51. The second-order valence-corrected chi connectivity index (χ2v) is 5.88. The maximum Gasteiger partial charge on any atom is 0.147 e. The second kappa shape index (κ2) is 3.11. The Morgan fingerprint density at radius 3 is 3.07 bits per heavy atom. The summed E-state index contributed by atoms with van der Waals surface area (Å²) >= 11 is 1.78. The molecule has 0 amide bonds. The van der Waals surface area contributed by atoms with Gasteiger partial charge in [0.2, 0.25) is 0 Å². The van der Waals surface area contributed by atoms with Crippen molar-refractivity contribution in [3.05, 3.63) is 29.8 Å². The van der Waals surface area contributed by atoms with Crippen LogP contribution in [0.2, 0.25) is 0 Å². The van der Waals surface area contributed by atoms with Gasteiger partial charge in [-0.2, -0.15) is 0 Å². The van der Waals surface area contributed by atoms with Crippen LogP contribution < -0.4 is 0 Å². The standard InChI is InChI=1S/C13H14OS/c1-13-8-4-6-10(14)12(13)15-11-7-3-2-5-9(11)13/h2-3,5,7,12H,4,6,8H2,1H3/t12-,13-/m1/s1. The molecule has 0 radical (unpaired) electrons. The molecule has 0 aromatic heterocycles. The van der Waals surface area contributed by atoms with Gasteiger partial charge in [0.05, 0.1) is 5.25 Å². The number of hydrogen-bond donors (Lipinski definition) is 0. The number of Topliss-reactive ketones (excluding diaryl/α,β-unsaturated/α-hetero) is 1. The van der Waals surface area contributed by atoms with Crippen LogP contribution >= 0.6 is 11.8 Å². The van der Waals surface area contributed by atoms with Crippen molar-refractivity contribution in [2.45, 2.75) is 41.7 Å². The minimum atomic E-state index is 0.108. The molecule has 1 aromatic carbocycles. The third-order valence-electron chi connectivity index (χ3n) is 3.74. The highest BCUT2D eigenvalue weighted by atomic mass is 32.2. The lowest BCUT2D eigenvalue weighted by molar-refractivity contribution is -0.121. The molecule has 0 N–H and O–H groups in total. The minimum Gasteiger partial charge on any atom is -0.298 e. The molecule has 1 aliphatic carbocycles. The van der Waals surface area contributed by atoms with Crippen LogP contribution in [0.15, 0.2) is 29.2 Å². The maximum atomic E-state index is 11.9. The molecule has 1 aliphatic heterocycles. The smallest absolute Gasteiger partial charge is 0.147 e. The van der Waals surface area contributed by atoms with Crippen LogP contribution in [-0.4, -0.2) is 11.0 Å². The Morgan fingerprint density at radius 2 is 2.20 bits per heavy atom. The van der Waals surface area contributed by atoms with E-state index in [1.807, 2.05) is 0 Å². The lowest BCUT2D eigenvalue weighted by Crippen LogP contribution is -2.40. The quantitative estimate of drug-likeness (QED) is 0.665. The lowest BCUT2D eigenvalue weighted by atomic mass is 9.70. The van der Waals surface area contributed by atoms with Crippen LogP contribution in [0, 0.1) is 0 Å². The molecule has 2 atom stereocenters. The number of hydrogen-bond acceptors (Lipinski definition) is 2. The molecule has 15 heavy (non-hydrogen) atoms. The van der Waals surface area contributed by atoms with Crippen LogP contribution in [0.1, 0.15) is 31.7 Å². The molecule has 78 valence electrons. The van der Waals surface area contributed by atoms with E-state index in [1.165, 1.54) is 10.5 Å². The minimum absolute atomic E-state index is 0.108. The number of benzene rings is 1. The number of carbonyl (C=O) groups is 1. The summed E-state index contributed by atoms with van der Waals surface area (Å²) in [6, 6.07) is 8.50. The third-order valence-corrected chi connectivity index (χ3v) is 5.37. The zero-order valence-corrected chi connectivity index (χ0v) is 9.64. The molecule has 1 nitrogen and oxygen atoms in total. The van der Waals surface area contributed by atoms with E-state index in [9.17, 15) is 4.79 Å². The number of ketones is 1. The van der Waals surface area contributed by atoms with E-state index < -0.39 is 0 Å². The summed E-state index contributed by atoms with van der Waals surface area (Å²) in [7, 11) is 0. The van der Waals surface area contributed by atoms with E-state index in [0.717, 1.165) is 19.3 Å². The van der Waals surface area contributed by atoms with E-state index in [-0.39, 0.29) is 10.7 Å². The van der Waals surface area contributed by atoms with Gasteiger partial charge in [0.15, 0.2) is 0 Å². The molecule has 0 unspecified atom stereocenters. The fourth-order valence-electron chi connectivity index (χ4n) is 2.89. The highest BCUT2D eigenvalue weighted by molar-refractivity contribution is 8.01. The molecule has 2 aliphatic rings. The lowest BCUT2D eigenvalue weighted by Gasteiger charge is -2.34. The summed E-state index contributed by atoms with van der Waals surface area (Å²) in [5, 5.41) is 0.184. The molecule has 2 heteroatoms. The predicted molar refractivity (Wildman–Crippen MR) is 62.3 cm³/mol. The SMILES string of the molecule is C[C@]12CCCC(=O)[C@H]1Sc1ccccc12. The number of thioether (sulfide) groups is 1. The van der Waals surface area contributed by atoms with Crippen molar-refractivity contribution in [2.24, 2.45) is 0 Å². The van der Waals surface area contributed by atoms with Gasteiger partial charge in [-0.1, -0.05) is 25.1 Å². The Bertz CT molecular complexity index is 426. The van der Waals surface area contributed by atoms with E-state index in [1.54, 1.807) is 11.8 Å². The summed E-state index contributed by atoms with van der Waals surface area (Å²) in [5.41, 5.74) is 1.50. The molecule has 0 saturated heterocycles. The number of carbonyl (C=O) groups excluding carboxylic acids is 1. The van der Waals surface area contributed by atoms with Gasteiger partial charge in [0.1, 0.15) is 5.78 Å². The summed E-state index contributed by atoms with van der Waals surface area (Å²) in [5.74, 6) is 0.449. The second-order valence-electron chi connectivity index (χ2n) is 4.73. The monoisotopic (exact) mass is 218 g/mol. The molecule has 1 aromatic rings. The summed E-state index contributed by atoms with van der Waals surface area (Å²) < 4.78 is 0. The normalized spacial score (nSPS) is 33.7. The van der Waals surface area contributed by atoms with Crippen molar-refractivity contribution in [1.29, 1.82) is 0 Å². The fourth-order valence-corrected chi connectivity index (χ4v) is 4.48. The zero-order valence-electron chi connectivity index (χ0n) is 8.82. The Hall–Kier alpha value is -0.760. The van der Waals surface area contributed by atoms with Crippen LogP contribution in [0.25, 0.3) is 0 Å². The van der Waals surface area contributed by atoms with Crippen molar-refractivity contribution in [3.63, 3.8) is 0 Å². The average molecular weight is 218 g/mol. The molecule has 0 bridgehead atoms. The van der Waals surface area contributed by atoms with Crippen LogP contribution in [-0.2, 0) is 10.2 Å². The van der Waals surface area contributed by atoms with Gasteiger partial charge in [-0.3, -0.25) is 4.79 Å². The molecule has 1 heterocycles. The maximum absolute atomic E-state index is 11.9. The Kier molecular flexibility index (Phi) is 1.96. The highest BCUT2D eigenvalue weighted by Crippen LogP contribution is 2.54. The zero-order chi connectivity index (χ0) is 10.5. The van der Waals surface area contributed by atoms with Gasteiger partial charge in [-0.25, -0.2) is 0 Å². The van der Waals surface area contributed by atoms with E-state index >= 15 is 0 Å². The van der Waals surface area contributed by atoms with Crippen molar-refractivity contribution in [3.8, 4) is 0 Å².